The molecular weight excluding hydrogens is 274 g/mol. The Morgan fingerprint density at radius 3 is 2.15 bits per heavy atom. The topological polar surface area (TPSA) is 21.7 Å². The number of hydrogen-bond donors (Lipinski definition) is 0. The third kappa shape index (κ3) is 5.80. The monoisotopic (exact) mass is 299 g/mol. The molecule has 0 N–H and O–H groups in total. The van der Waals surface area contributed by atoms with Gasteiger partial charge < -0.3 is 9.47 Å². The van der Waals surface area contributed by atoms with Gasteiger partial charge in [0.2, 0.25) is 0 Å². The second-order valence-corrected chi connectivity index (χ2v) is 5.27. The predicted octanol–water partition coefficient (Wildman–Crippen LogP) is 4.12. The molecule has 0 radical (unpaired) electrons. The molecule has 1 atom stereocenters. The van der Waals surface area contributed by atoms with Crippen molar-refractivity contribution in [1.82, 2.24) is 4.90 Å². The van der Waals surface area contributed by atoms with Crippen molar-refractivity contribution in [3.63, 3.8) is 0 Å². The van der Waals surface area contributed by atoms with Gasteiger partial charge in [0.1, 0.15) is 0 Å². The van der Waals surface area contributed by atoms with Crippen molar-refractivity contribution in [3.8, 4) is 0 Å². The van der Waals surface area contributed by atoms with Crippen LogP contribution in [0.4, 0.5) is 0 Å². The second-order valence-electron chi connectivity index (χ2n) is 4.84. The summed E-state index contributed by atoms with van der Waals surface area (Å²) in [6, 6.07) is 8.36. The van der Waals surface area contributed by atoms with Gasteiger partial charge in [0.25, 0.3) is 0 Å². The lowest BCUT2D eigenvalue weighted by molar-refractivity contribution is -0.141. The lowest BCUT2D eigenvalue weighted by atomic mass is 10.1. The molecule has 1 unspecified atom stereocenters. The number of ether oxygens (including phenoxy) is 2. The number of halogens is 1. The molecule has 4 heteroatoms. The van der Waals surface area contributed by atoms with Gasteiger partial charge in [-0.3, -0.25) is 4.90 Å². The number of rotatable bonds is 9. The van der Waals surface area contributed by atoms with Crippen molar-refractivity contribution in [3.05, 3.63) is 34.9 Å². The van der Waals surface area contributed by atoms with Crippen LogP contribution in [0.5, 0.6) is 0 Å². The first-order chi connectivity index (χ1) is 9.58. The Kier molecular flexibility index (Phi) is 8.15. The summed E-state index contributed by atoms with van der Waals surface area (Å²) in [6.07, 6.45) is 0.765. The predicted molar refractivity (Wildman–Crippen MR) is 84.2 cm³/mol. The standard InChI is InChI=1S/C16H26ClNO2/c1-5-19-16(20-6-2)11-12-18(4)13(3)14-7-9-15(17)10-8-14/h7-10,13,16H,5-6,11-12H2,1-4H3. The minimum Gasteiger partial charge on any atom is -0.353 e. The van der Waals surface area contributed by atoms with E-state index < -0.39 is 0 Å². The van der Waals surface area contributed by atoms with Gasteiger partial charge in [-0.05, 0) is 45.5 Å². The molecule has 0 saturated carbocycles. The Morgan fingerprint density at radius 1 is 1.10 bits per heavy atom. The van der Waals surface area contributed by atoms with E-state index in [1.165, 1.54) is 5.56 Å². The minimum absolute atomic E-state index is 0.107. The van der Waals surface area contributed by atoms with E-state index in [1.54, 1.807) is 0 Å². The fraction of sp³-hybridized carbons (Fsp3) is 0.625. The first-order valence-corrected chi connectivity index (χ1v) is 7.65. The van der Waals surface area contributed by atoms with Gasteiger partial charge in [-0.15, -0.1) is 0 Å². The zero-order valence-electron chi connectivity index (χ0n) is 12.9. The van der Waals surface area contributed by atoms with E-state index in [-0.39, 0.29) is 6.29 Å². The normalized spacial score (nSPS) is 13.2. The third-order valence-corrected chi connectivity index (χ3v) is 3.69. The van der Waals surface area contributed by atoms with Gasteiger partial charge >= 0.3 is 0 Å². The maximum absolute atomic E-state index is 5.92. The van der Waals surface area contributed by atoms with Gasteiger partial charge in [0, 0.05) is 37.2 Å². The summed E-state index contributed by atoms with van der Waals surface area (Å²) in [6.45, 7) is 8.47. The van der Waals surface area contributed by atoms with E-state index in [1.807, 2.05) is 26.0 Å². The van der Waals surface area contributed by atoms with E-state index in [0.29, 0.717) is 19.3 Å². The van der Waals surface area contributed by atoms with Crippen LogP contribution in [0.3, 0.4) is 0 Å². The van der Waals surface area contributed by atoms with Crippen molar-refractivity contribution >= 4 is 11.6 Å². The smallest absolute Gasteiger partial charge is 0.158 e. The van der Waals surface area contributed by atoms with E-state index in [4.69, 9.17) is 21.1 Å². The Labute approximate surface area is 127 Å². The zero-order valence-corrected chi connectivity index (χ0v) is 13.7. The van der Waals surface area contributed by atoms with Gasteiger partial charge in [-0.2, -0.15) is 0 Å². The quantitative estimate of drug-likeness (QED) is 0.640. The zero-order chi connectivity index (χ0) is 15.0. The molecule has 0 bridgehead atoms. The molecule has 0 amide bonds. The molecule has 0 aromatic heterocycles. The SMILES string of the molecule is CCOC(CCN(C)C(C)c1ccc(Cl)cc1)OCC. The first-order valence-electron chi connectivity index (χ1n) is 7.27. The Hall–Kier alpha value is -0.610. The number of hydrogen-bond acceptors (Lipinski definition) is 3. The van der Waals surface area contributed by atoms with Crippen molar-refractivity contribution in [2.45, 2.75) is 39.5 Å². The largest absolute Gasteiger partial charge is 0.353 e. The van der Waals surface area contributed by atoms with E-state index >= 15 is 0 Å². The molecule has 1 rings (SSSR count). The van der Waals surface area contributed by atoms with Crippen LogP contribution in [0.15, 0.2) is 24.3 Å². The van der Waals surface area contributed by atoms with Crippen molar-refractivity contribution in [2.75, 3.05) is 26.8 Å². The molecule has 0 aliphatic heterocycles. The molecule has 114 valence electrons. The lowest BCUT2D eigenvalue weighted by Crippen LogP contribution is -2.28. The molecule has 0 saturated heterocycles. The molecule has 0 heterocycles. The maximum Gasteiger partial charge on any atom is 0.158 e. The third-order valence-electron chi connectivity index (χ3n) is 3.44. The highest BCUT2D eigenvalue weighted by Crippen LogP contribution is 2.21. The summed E-state index contributed by atoms with van der Waals surface area (Å²) in [4.78, 5) is 2.30. The van der Waals surface area contributed by atoms with Crippen LogP contribution < -0.4 is 0 Å². The molecule has 0 spiro atoms. The summed E-state index contributed by atoms with van der Waals surface area (Å²) < 4.78 is 11.1. The molecular formula is C16H26ClNO2. The molecule has 0 fully saturated rings. The molecule has 1 aromatic rings. The summed E-state index contributed by atoms with van der Waals surface area (Å²) in [7, 11) is 2.12. The first kappa shape index (κ1) is 17.4. The Bertz CT molecular complexity index is 363. The van der Waals surface area contributed by atoms with Crippen molar-refractivity contribution in [2.24, 2.45) is 0 Å². The molecule has 0 aliphatic rings. The van der Waals surface area contributed by atoms with Crippen LogP contribution in [-0.2, 0) is 9.47 Å². The molecule has 20 heavy (non-hydrogen) atoms. The number of benzene rings is 1. The fourth-order valence-electron chi connectivity index (χ4n) is 2.09. The van der Waals surface area contributed by atoms with Gasteiger partial charge in [0.15, 0.2) is 6.29 Å². The highest BCUT2D eigenvalue weighted by atomic mass is 35.5. The molecule has 3 nitrogen and oxygen atoms in total. The van der Waals surface area contributed by atoms with Crippen LogP contribution in [0, 0.1) is 0 Å². The van der Waals surface area contributed by atoms with Crippen LogP contribution in [0.25, 0.3) is 0 Å². The number of nitrogens with zero attached hydrogens (tertiary/aromatic N) is 1. The average Bonchev–Trinajstić information content (AvgIpc) is 2.45. The van der Waals surface area contributed by atoms with Crippen LogP contribution in [0.1, 0.15) is 38.8 Å². The average molecular weight is 300 g/mol. The second kappa shape index (κ2) is 9.35. The Morgan fingerprint density at radius 2 is 1.65 bits per heavy atom. The van der Waals surface area contributed by atoms with Gasteiger partial charge in [-0.25, -0.2) is 0 Å². The molecule has 0 aliphatic carbocycles. The van der Waals surface area contributed by atoms with Crippen LogP contribution >= 0.6 is 11.6 Å². The van der Waals surface area contributed by atoms with E-state index in [9.17, 15) is 0 Å². The summed E-state index contributed by atoms with van der Waals surface area (Å²) in [5.41, 5.74) is 1.27. The van der Waals surface area contributed by atoms with E-state index in [2.05, 4.69) is 31.0 Å². The molecule has 1 aromatic carbocycles. The summed E-state index contributed by atoms with van der Waals surface area (Å²) in [5.74, 6) is 0. The highest BCUT2D eigenvalue weighted by molar-refractivity contribution is 6.30. The van der Waals surface area contributed by atoms with Crippen LogP contribution in [0.2, 0.25) is 5.02 Å². The minimum atomic E-state index is -0.107. The highest BCUT2D eigenvalue weighted by Gasteiger charge is 2.14. The van der Waals surface area contributed by atoms with Crippen molar-refractivity contribution in [1.29, 1.82) is 0 Å². The van der Waals surface area contributed by atoms with Gasteiger partial charge in [0.05, 0.1) is 0 Å². The summed E-state index contributed by atoms with van der Waals surface area (Å²) >= 11 is 5.92. The summed E-state index contributed by atoms with van der Waals surface area (Å²) in [5, 5.41) is 0.774. The van der Waals surface area contributed by atoms with Crippen molar-refractivity contribution < 1.29 is 9.47 Å². The fourth-order valence-corrected chi connectivity index (χ4v) is 2.21. The lowest BCUT2D eigenvalue weighted by Gasteiger charge is -2.27. The van der Waals surface area contributed by atoms with Crippen LogP contribution in [-0.4, -0.2) is 38.0 Å². The maximum atomic E-state index is 5.92. The van der Waals surface area contributed by atoms with E-state index in [0.717, 1.165) is 18.0 Å². The van der Waals surface area contributed by atoms with Gasteiger partial charge in [-0.1, -0.05) is 23.7 Å². The Balaban J connectivity index is 2.48.